The van der Waals surface area contributed by atoms with E-state index in [0.717, 1.165) is 7.05 Å². The second-order valence-corrected chi connectivity index (χ2v) is 1.67. The molecule has 0 aromatic carbocycles. The summed E-state index contributed by atoms with van der Waals surface area (Å²) in [5.74, 6) is 0. The lowest BCUT2D eigenvalue weighted by Crippen LogP contribution is -1.79. The standard InChI is InChI=1S/C4H6N2.2C2H6.CH3NO2/c1-6-3-2-5-4-6;2*1-2;1-2(3)4/h2-4H,1H3;2*1-2H3;1H3. The number of hydrogen-bond donors (Lipinski definition) is 0. The van der Waals surface area contributed by atoms with E-state index in [-0.39, 0.29) is 0 Å². The summed E-state index contributed by atoms with van der Waals surface area (Å²) in [5.41, 5.74) is 0. The highest BCUT2D eigenvalue weighted by molar-refractivity contribution is 4.70. The lowest BCUT2D eigenvalue weighted by atomic mass is 10.9. The van der Waals surface area contributed by atoms with Gasteiger partial charge in [0.15, 0.2) is 7.05 Å². The zero-order valence-electron chi connectivity index (χ0n) is 9.89. The summed E-state index contributed by atoms with van der Waals surface area (Å²) in [5, 5.41) is 8.81. The molecule has 0 fully saturated rings. The van der Waals surface area contributed by atoms with Crippen molar-refractivity contribution in [1.29, 1.82) is 0 Å². The molecule has 0 unspecified atom stereocenters. The van der Waals surface area contributed by atoms with Crippen LogP contribution in [0.1, 0.15) is 27.7 Å². The van der Waals surface area contributed by atoms with Crippen LogP contribution >= 0.6 is 0 Å². The van der Waals surface area contributed by atoms with Crippen molar-refractivity contribution in [3.05, 3.63) is 28.8 Å². The van der Waals surface area contributed by atoms with Crippen molar-refractivity contribution in [1.82, 2.24) is 9.55 Å². The molecule has 1 aromatic rings. The SMILES string of the molecule is CC.CC.C[N+](=O)[O-].Cn1ccnc1. The Hall–Kier alpha value is -1.39. The fourth-order valence-corrected chi connectivity index (χ4v) is 0.326. The number of nitro groups is 1. The predicted molar refractivity (Wildman–Crippen MR) is 58.8 cm³/mol. The van der Waals surface area contributed by atoms with E-state index in [1.54, 1.807) is 12.5 Å². The Morgan fingerprint density at radius 2 is 1.64 bits per heavy atom. The van der Waals surface area contributed by atoms with Crippen LogP contribution in [-0.2, 0) is 7.05 Å². The molecule has 0 saturated carbocycles. The zero-order chi connectivity index (χ0) is 12.0. The normalized spacial score (nSPS) is 6.43. The van der Waals surface area contributed by atoms with Gasteiger partial charge in [0.25, 0.3) is 0 Å². The van der Waals surface area contributed by atoms with Gasteiger partial charge in [0.05, 0.1) is 6.33 Å². The quantitative estimate of drug-likeness (QED) is 0.480. The van der Waals surface area contributed by atoms with Crippen molar-refractivity contribution in [2.24, 2.45) is 7.05 Å². The lowest BCUT2D eigenvalue weighted by molar-refractivity contribution is -0.445. The molecule has 0 amide bonds. The van der Waals surface area contributed by atoms with Gasteiger partial charge in [0, 0.05) is 24.4 Å². The van der Waals surface area contributed by atoms with E-state index < -0.39 is 4.92 Å². The number of aromatic nitrogens is 2. The topological polar surface area (TPSA) is 61.0 Å². The summed E-state index contributed by atoms with van der Waals surface area (Å²) < 4.78 is 1.89. The first-order valence-corrected chi connectivity index (χ1v) is 4.63. The third-order valence-corrected chi connectivity index (χ3v) is 0.637. The number of imidazole rings is 1. The van der Waals surface area contributed by atoms with Crippen LogP contribution < -0.4 is 0 Å². The van der Waals surface area contributed by atoms with Crippen LogP contribution in [0.25, 0.3) is 0 Å². The molecule has 5 heteroatoms. The summed E-state index contributed by atoms with van der Waals surface area (Å²) in [4.78, 5) is 12.1. The first-order valence-electron chi connectivity index (χ1n) is 4.63. The van der Waals surface area contributed by atoms with E-state index in [2.05, 4.69) is 4.98 Å². The minimum absolute atomic E-state index is 0.500. The van der Waals surface area contributed by atoms with Gasteiger partial charge < -0.3 is 4.57 Å². The fourth-order valence-electron chi connectivity index (χ4n) is 0.326. The van der Waals surface area contributed by atoms with Gasteiger partial charge in [-0.15, -0.1) is 0 Å². The van der Waals surface area contributed by atoms with Crippen LogP contribution in [0.15, 0.2) is 18.7 Å². The maximum Gasteiger partial charge on any atom is 0.194 e. The highest BCUT2D eigenvalue weighted by atomic mass is 16.6. The summed E-state index contributed by atoms with van der Waals surface area (Å²) in [6.45, 7) is 8.00. The van der Waals surface area contributed by atoms with Crippen LogP contribution in [0.5, 0.6) is 0 Å². The Balaban J connectivity index is -0.000000134. The summed E-state index contributed by atoms with van der Waals surface area (Å²) >= 11 is 0. The Kier molecular flexibility index (Phi) is 23.2. The van der Waals surface area contributed by atoms with Crippen molar-refractivity contribution >= 4 is 0 Å². The zero-order valence-corrected chi connectivity index (χ0v) is 9.89. The molecule has 0 N–H and O–H groups in total. The van der Waals surface area contributed by atoms with Crippen LogP contribution in [0, 0.1) is 10.1 Å². The number of rotatable bonds is 0. The molecular weight excluding hydrogens is 182 g/mol. The molecule has 0 aliphatic rings. The minimum atomic E-state index is -0.500. The Morgan fingerprint density at radius 1 is 1.29 bits per heavy atom. The van der Waals surface area contributed by atoms with Gasteiger partial charge in [0.1, 0.15) is 0 Å². The Labute approximate surface area is 85.9 Å². The largest absolute Gasteiger partial charge is 0.341 e. The molecule has 0 aliphatic heterocycles. The van der Waals surface area contributed by atoms with Gasteiger partial charge in [0.2, 0.25) is 0 Å². The van der Waals surface area contributed by atoms with E-state index in [1.165, 1.54) is 0 Å². The van der Waals surface area contributed by atoms with E-state index in [0.29, 0.717) is 0 Å². The molecule has 0 saturated heterocycles. The second kappa shape index (κ2) is 17.6. The van der Waals surface area contributed by atoms with E-state index in [1.807, 2.05) is 45.5 Å². The maximum absolute atomic E-state index is 8.81. The first kappa shape index (κ1) is 18.4. The summed E-state index contributed by atoms with van der Waals surface area (Å²) in [6.07, 6.45) is 5.39. The van der Waals surface area contributed by atoms with Gasteiger partial charge in [-0.1, -0.05) is 27.7 Å². The fraction of sp³-hybridized carbons (Fsp3) is 0.667. The predicted octanol–water partition coefficient (Wildman–Crippen LogP) is 2.37. The molecule has 0 bridgehead atoms. The van der Waals surface area contributed by atoms with E-state index in [4.69, 9.17) is 10.1 Å². The number of nitrogens with zero attached hydrogens (tertiary/aromatic N) is 3. The molecule has 0 atom stereocenters. The van der Waals surface area contributed by atoms with Crippen molar-refractivity contribution in [3.63, 3.8) is 0 Å². The second-order valence-electron chi connectivity index (χ2n) is 1.67. The molecule has 1 heterocycles. The third kappa shape index (κ3) is 31.1. The van der Waals surface area contributed by atoms with Crippen molar-refractivity contribution in [2.45, 2.75) is 27.7 Å². The maximum atomic E-state index is 8.81. The van der Waals surface area contributed by atoms with E-state index >= 15 is 0 Å². The molecule has 5 nitrogen and oxygen atoms in total. The third-order valence-electron chi connectivity index (χ3n) is 0.637. The molecular formula is C9H21N3O2. The van der Waals surface area contributed by atoms with Crippen LogP contribution in [0.3, 0.4) is 0 Å². The van der Waals surface area contributed by atoms with Gasteiger partial charge >= 0.3 is 0 Å². The van der Waals surface area contributed by atoms with Gasteiger partial charge in [-0.3, -0.25) is 10.1 Å². The van der Waals surface area contributed by atoms with E-state index in [9.17, 15) is 0 Å². The van der Waals surface area contributed by atoms with Gasteiger partial charge in [-0.25, -0.2) is 4.98 Å². The molecule has 1 aromatic heterocycles. The molecule has 0 aliphatic carbocycles. The van der Waals surface area contributed by atoms with Crippen molar-refractivity contribution in [3.8, 4) is 0 Å². The summed E-state index contributed by atoms with van der Waals surface area (Å²) in [7, 11) is 2.83. The number of aryl methyl sites for hydroxylation is 1. The molecule has 1 rings (SSSR count). The molecule has 14 heavy (non-hydrogen) atoms. The van der Waals surface area contributed by atoms with Crippen molar-refractivity contribution in [2.75, 3.05) is 7.05 Å². The minimum Gasteiger partial charge on any atom is -0.341 e. The monoisotopic (exact) mass is 203 g/mol. The Morgan fingerprint density at radius 3 is 1.71 bits per heavy atom. The van der Waals surface area contributed by atoms with Crippen LogP contribution in [0.2, 0.25) is 0 Å². The van der Waals surface area contributed by atoms with Gasteiger partial charge in [-0.2, -0.15) is 0 Å². The molecule has 0 radical (unpaired) electrons. The highest BCUT2D eigenvalue weighted by Crippen LogP contribution is 1.73. The molecule has 0 spiro atoms. The molecule has 84 valence electrons. The average Bonchev–Trinajstić information content (AvgIpc) is 2.62. The summed E-state index contributed by atoms with van der Waals surface area (Å²) in [6, 6.07) is 0. The van der Waals surface area contributed by atoms with Crippen LogP contribution in [-0.4, -0.2) is 21.5 Å². The first-order chi connectivity index (χ1) is 6.63. The van der Waals surface area contributed by atoms with Crippen LogP contribution in [0.4, 0.5) is 0 Å². The van der Waals surface area contributed by atoms with Crippen molar-refractivity contribution < 1.29 is 4.92 Å². The highest BCUT2D eigenvalue weighted by Gasteiger charge is 1.69. The average molecular weight is 203 g/mol. The lowest BCUT2D eigenvalue weighted by Gasteiger charge is -1.76. The smallest absolute Gasteiger partial charge is 0.194 e. The number of hydrogen-bond acceptors (Lipinski definition) is 3. The Bertz CT molecular complexity index is 182. The van der Waals surface area contributed by atoms with Gasteiger partial charge in [-0.05, 0) is 0 Å².